The molecule has 0 heterocycles. The molecule has 1 nitrogen and oxygen atoms in total. The second-order valence-corrected chi connectivity index (χ2v) is 8.75. The van der Waals surface area contributed by atoms with Gasteiger partial charge in [0, 0.05) is 10.5 Å². The van der Waals surface area contributed by atoms with Crippen LogP contribution < -0.4 is 5.32 Å². The van der Waals surface area contributed by atoms with Gasteiger partial charge in [-0.3, -0.25) is 0 Å². The van der Waals surface area contributed by atoms with Gasteiger partial charge >= 0.3 is 0 Å². The quantitative estimate of drug-likeness (QED) is 0.415. The van der Waals surface area contributed by atoms with Crippen LogP contribution in [0.15, 0.2) is 16.6 Å². The molecule has 0 radical (unpaired) electrons. The van der Waals surface area contributed by atoms with Gasteiger partial charge < -0.3 is 5.32 Å². The van der Waals surface area contributed by atoms with E-state index in [1.54, 1.807) is 0 Å². The first-order valence-corrected chi connectivity index (χ1v) is 9.24. The Balaban J connectivity index is 2.03. The summed E-state index contributed by atoms with van der Waals surface area (Å²) in [4.78, 5) is 0. The summed E-state index contributed by atoms with van der Waals surface area (Å²) in [6.07, 6.45) is 6.30. The molecule has 1 saturated carbocycles. The van der Waals surface area contributed by atoms with Crippen molar-refractivity contribution >= 4 is 44.8 Å². The molecule has 0 saturated heterocycles. The zero-order chi connectivity index (χ0) is 15.6. The third-order valence-corrected chi connectivity index (χ3v) is 6.36. The van der Waals surface area contributed by atoms with E-state index in [-0.39, 0.29) is 0 Å². The van der Waals surface area contributed by atoms with Crippen LogP contribution in [0.25, 0.3) is 0 Å². The van der Waals surface area contributed by atoms with Gasteiger partial charge in [0.2, 0.25) is 0 Å². The lowest BCUT2D eigenvalue weighted by Gasteiger charge is -2.29. The van der Waals surface area contributed by atoms with Crippen molar-refractivity contribution in [2.75, 3.05) is 5.32 Å². The molecule has 4 heteroatoms. The first-order chi connectivity index (χ1) is 9.79. The fourth-order valence-corrected chi connectivity index (χ4v) is 4.00. The van der Waals surface area contributed by atoms with E-state index in [2.05, 4.69) is 42.0 Å². The Morgan fingerprint density at radius 1 is 1.05 bits per heavy atom. The maximum absolute atomic E-state index is 6.34. The summed E-state index contributed by atoms with van der Waals surface area (Å²) in [6.45, 7) is 7.07. The second-order valence-electron chi connectivity index (χ2n) is 7.14. The van der Waals surface area contributed by atoms with Crippen LogP contribution in [-0.2, 0) is 0 Å². The summed E-state index contributed by atoms with van der Waals surface area (Å²) < 4.78 is 0.841. The molecule has 1 fully saturated rings. The lowest BCUT2D eigenvalue weighted by atomic mass is 9.76. The molecule has 0 bridgehead atoms. The van der Waals surface area contributed by atoms with Gasteiger partial charge in [-0.2, -0.15) is 0 Å². The highest BCUT2D eigenvalue weighted by Crippen LogP contribution is 2.39. The van der Waals surface area contributed by atoms with Gasteiger partial charge in [-0.25, -0.2) is 0 Å². The van der Waals surface area contributed by atoms with Crippen molar-refractivity contribution in [2.45, 2.75) is 58.9 Å². The maximum atomic E-state index is 6.34. The molecule has 2 rings (SSSR count). The molecule has 0 aromatic heterocycles. The van der Waals surface area contributed by atoms with Gasteiger partial charge in [0.1, 0.15) is 0 Å². The van der Waals surface area contributed by atoms with E-state index in [9.17, 15) is 0 Å². The number of hydrogen-bond acceptors (Lipinski definition) is 1. The van der Waals surface area contributed by atoms with E-state index >= 15 is 0 Å². The minimum atomic E-state index is 0.410. The molecule has 1 aliphatic rings. The first kappa shape index (κ1) is 17.4. The van der Waals surface area contributed by atoms with Crippen LogP contribution in [0.4, 0.5) is 5.69 Å². The first-order valence-electron chi connectivity index (χ1n) is 7.69. The largest absolute Gasteiger partial charge is 0.381 e. The predicted octanol–water partition coefficient (Wildman–Crippen LogP) is 7.16. The Morgan fingerprint density at radius 3 is 2.43 bits per heavy atom. The highest BCUT2D eigenvalue weighted by molar-refractivity contribution is 9.10. The second kappa shape index (κ2) is 7.10. The number of halogens is 3. The molecule has 0 amide bonds. The number of rotatable bonds is 2. The summed E-state index contributed by atoms with van der Waals surface area (Å²) in [5, 5.41) is 4.79. The Labute approximate surface area is 146 Å². The zero-order valence-corrected chi connectivity index (χ0v) is 16.1. The Morgan fingerprint density at radius 2 is 1.76 bits per heavy atom. The summed E-state index contributed by atoms with van der Waals surface area (Å²) >= 11 is 15.9. The highest BCUT2D eigenvalue weighted by atomic mass is 79.9. The third-order valence-electron chi connectivity index (χ3n) is 4.59. The van der Waals surface area contributed by atoms with Crippen molar-refractivity contribution in [2.24, 2.45) is 11.3 Å². The van der Waals surface area contributed by atoms with Crippen molar-refractivity contribution in [3.63, 3.8) is 0 Å². The molecule has 1 aliphatic carbocycles. The van der Waals surface area contributed by atoms with Crippen molar-refractivity contribution in [1.82, 2.24) is 0 Å². The summed E-state index contributed by atoms with van der Waals surface area (Å²) in [5.41, 5.74) is 1.36. The predicted molar refractivity (Wildman–Crippen MR) is 97.6 cm³/mol. The standard InChI is InChI=1S/C17H24BrCl2N/c1-17(2,3)11-5-4-6-12(8-7-11)21-14-10-9-13(18)15(19)16(14)20/h9-12,21H,4-8H2,1-3H3. The molecule has 2 unspecified atom stereocenters. The number of nitrogens with one attached hydrogen (secondary N) is 1. The molecule has 1 aromatic carbocycles. The molecule has 0 aliphatic heterocycles. The number of hydrogen-bond donors (Lipinski definition) is 1. The third kappa shape index (κ3) is 4.53. The number of benzene rings is 1. The minimum Gasteiger partial charge on any atom is -0.381 e. The molecule has 1 N–H and O–H groups in total. The van der Waals surface area contributed by atoms with Gasteiger partial charge in [0.15, 0.2) is 0 Å². The van der Waals surface area contributed by atoms with E-state index in [1.807, 2.05) is 12.1 Å². The highest BCUT2D eigenvalue weighted by Gasteiger charge is 2.28. The smallest absolute Gasteiger partial charge is 0.0835 e. The van der Waals surface area contributed by atoms with Crippen LogP contribution in [-0.4, -0.2) is 6.04 Å². The lowest BCUT2D eigenvalue weighted by molar-refractivity contribution is 0.214. The normalized spacial score (nSPS) is 23.7. The van der Waals surface area contributed by atoms with Gasteiger partial charge in [-0.05, 0) is 65.1 Å². The van der Waals surface area contributed by atoms with Gasteiger partial charge in [-0.1, -0.05) is 50.4 Å². The van der Waals surface area contributed by atoms with Crippen molar-refractivity contribution in [1.29, 1.82) is 0 Å². The summed E-state index contributed by atoms with van der Waals surface area (Å²) in [7, 11) is 0. The zero-order valence-electron chi connectivity index (χ0n) is 13.0. The van der Waals surface area contributed by atoms with E-state index in [0.29, 0.717) is 21.5 Å². The topological polar surface area (TPSA) is 12.0 Å². The SMILES string of the molecule is CC(C)(C)C1CCCC(Nc2ccc(Br)c(Cl)c2Cl)CC1. The Bertz CT molecular complexity index is 496. The van der Waals surface area contributed by atoms with Crippen molar-refractivity contribution in [3.05, 3.63) is 26.7 Å². The number of anilines is 1. The van der Waals surface area contributed by atoms with Gasteiger partial charge in [-0.15, -0.1) is 0 Å². The van der Waals surface area contributed by atoms with Crippen LogP contribution in [0.5, 0.6) is 0 Å². The maximum Gasteiger partial charge on any atom is 0.0835 e. The van der Waals surface area contributed by atoms with E-state index in [4.69, 9.17) is 23.2 Å². The molecular formula is C17H24BrCl2N. The van der Waals surface area contributed by atoms with Crippen molar-refractivity contribution < 1.29 is 0 Å². The average Bonchev–Trinajstić information content (AvgIpc) is 2.65. The molecule has 2 atom stereocenters. The Kier molecular flexibility index (Phi) is 5.90. The van der Waals surface area contributed by atoms with E-state index in [1.165, 1.54) is 32.1 Å². The van der Waals surface area contributed by atoms with Crippen molar-refractivity contribution in [3.8, 4) is 0 Å². The van der Waals surface area contributed by atoms with Gasteiger partial charge in [0.05, 0.1) is 15.7 Å². The molecule has 0 spiro atoms. The molecular weight excluding hydrogens is 369 g/mol. The van der Waals surface area contributed by atoms with Crippen LogP contribution in [0.2, 0.25) is 10.0 Å². The van der Waals surface area contributed by atoms with Crippen LogP contribution in [0.1, 0.15) is 52.9 Å². The minimum absolute atomic E-state index is 0.410. The van der Waals surface area contributed by atoms with E-state index < -0.39 is 0 Å². The fourth-order valence-electron chi connectivity index (χ4n) is 3.17. The summed E-state index contributed by atoms with van der Waals surface area (Å²) in [6, 6.07) is 4.45. The Hall–Kier alpha value is 0.0800. The average molecular weight is 393 g/mol. The monoisotopic (exact) mass is 391 g/mol. The van der Waals surface area contributed by atoms with Gasteiger partial charge in [0.25, 0.3) is 0 Å². The van der Waals surface area contributed by atoms with Crippen LogP contribution in [0.3, 0.4) is 0 Å². The lowest BCUT2D eigenvalue weighted by Crippen LogP contribution is -2.21. The molecule has 1 aromatic rings. The molecule has 21 heavy (non-hydrogen) atoms. The molecule has 118 valence electrons. The van der Waals surface area contributed by atoms with Crippen LogP contribution >= 0.6 is 39.1 Å². The fraction of sp³-hybridized carbons (Fsp3) is 0.647. The van der Waals surface area contributed by atoms with Crippen LogP contribution in [0, 0.1) is 11.3 Å². The van der Waals surface area contributed by atoms with E-state index in [0.717, 1.165) is 16.1 Å². The summed E-state index contributed by atoms with van der Waals surface area (Å²) in [5.74, 6) is 0.813.